The number of rotatable bonds is 0. The van der Waals surface area contributed by atoms with Gasteiger partial charge in [-0.2, -0.15) is 0 Å². The molecule has 1 heterocycles. The van der Waals surface area contributed by atoms with Gasteiger partial charge in [-0.3, -0.25) is 5.73 Å². The van der Waals surface area contributed by atoms with E-state index in [2.05, 4.69) is 6.07 Å². The van der Waals surface area contributed by atoms with Crippen LogP contribution in [0.5, 0.6) is 5.75 Å². The second-order valence-electron chi connectivity index (χ2n) is 2.73. The van der Waals surface area contributed by atoms with Crippen LogP contribution in [0.4, 0.5) is 0 Å². The standard InChI is InChI=1S/C9H10NO/c10-9-6-5-7-3-1-2-4-8(7)11-9/h2-4,9H,5-6,10H2/t9-/m1/s1. The smallest absolute Gasteiger partial charge is 0.148 e. The van der Waals surface area contributed by atoms with E-state index in [-0.39, 0.29) is 6.23 Å². The first-order chi connectivity index (χ1) is 5.36. The highest BCUT2D eigenvalue weighted by Crippen LogP contribution is 2.24. The maximum Gasteiger partial charge on any atom is 0.148 e. The van der Waals surface area contributed by atoms with Crippen LogP contribution in [-0.4, -0.2) is 6.23 Å². The number of nitrogens with two attached hydrogens (primary N) is 1. The Balaban J connectivity index is 2.34. The van der Waals surface area contributed by atoms with Gasteiger partial charge in [0.15, 0.2) is 0 Å². The number of fused-ring (bicyclic) bond motifs is 1. The summed E-state index contributed by atoms with van der Waals surface area (Å²) in [6.45, 7) is 0. The van der Waals surface area contributed by atoms with Gasteiger partial charge in [0.2, 0.25) is 0 Å². The van der Waals surface area contributed by atoms with Crippen LogP contribution in [-0.2, 0) is 6.42 Å². The lowest BCUT2D eigenvalue weighted by atomic mass is 10.1. The summed E-state index contributed by atoms with van der Waals surface area (Å²) in [7, 11) is 0. The number of hydrogen-bond acceptors (Lipinski definition) is 2. The van der Waals surface area contributed by atoms with Crippen LogP contribution < -0.4 is 10.5 Å². The first kappa shape index (κ1) is 6.68. The molecular formula is C9H10NO. The van der Waals surface area contributed by atoms with Gasteiger partial charge >= 0.3 is 0 Å². The Morgan fingerprint density at radius 3 is 3.45 bits per heavy atom. The molecule has 0 unspecified atom stereocenters. The lowest BCUT2D eigenvalue weighted by Crippen LogP contribution is -2.30. The Morgan fingerprint density at radius 1 is 1.64 bits per heavy atom. The Labute approximate surface area is 66.0 Å². The van der Waals surface area contributed by atoms with Gasteiger partial charge in [0.05, 0.1) is 0 Å². The van der Waals surface area contributed by atoms with Crippen LogP contribution in [0.1, 0.15) is 12.0 Å². The van der Waals surface area contributed by atoms with Crippen molar-refractivity contribution in [1.82, 2.24) is 0 Å². The fourth-order valence-corrected chi connectivity index (χ4v) is 1.28. The van der Waals surface area contributed by atoms with E-state index >= 15 is 0 Å². The summed E-state index contributed by atoms with van der Waals surface area (Å²) in [4.78, 5) is 0. The van der Waals surface area contributed by atoms with Crippen LogP contribution in [0.3, 0.4) is 0 Å². The molecule has 1 aliphatic heterocycles. The van der Waals surface area contributed by atoms with E-state index in [9.17, 15) is 0 Å². The molecule has 1 aliphatic rings. The van der Waals surface area contributed by atoms with Crippen molar-refractivity contribution in [2.75, 3.05) is 0 Å². The molecule has 0 aromatic heterocycles. The normalized spacial score (nSPS) is 22.1. The van der Waals surface area contributed by atoms with Crippen LogP contribution >= 0.6 is 0 Å². The van der Waals surface area contributed by atoms with Gasteiger partial charge in [0.25, 0.3) is 0 Å². The molecule has 57 valence electrons. The molecule has 0 fully saturated rings. The van der Waals surface area contributed by atoms with Crippen molar-refractivity contribution < 1.29 is 4.74 Å². The van der Waals surface area contributed by atoms with Crippen molar-refractivity contribution in [2.24, 2.45) is 5.73 Å². The molecule has 1 aromatic rings. The summed E-state index contributed by atoms with van der Waals surface area (Å²) >= 11 is 0. The second kappa shape index (κ2) is 2.55. The molecule has 1 radical (unpaired) electrons. The van der Waals surface area contributed by atoms with Gasteiger partial charge in [0, 0.05) is 6.42 Å². The van der Waals surface area contributed by atoms with E-state index < -0.39 is 0 Å². The van der Waals surface area contributed by atoms with Gasteiger partial charge in [-0.05, 0) is 30.2 Å². The molecule has 2 heteroatoms. The molecule has 2 rings (SSSR count). The molecule has 0 saturated carbocycles. The molecule has 0 spiro atoms. The van der Waals surface area contributed by atoms with E-state index in [0.717, 1.165) is 18.6 Å². The van der Waals surface area contributed by atoms with Crippen molar-refractivity contribution in [3.63, 3.8) is 0 Å². The highest BCUT2D eigenvalue weighted by atomic mass is 16.5. The molecular weight excluding hydrogens is 138 g/mol. The number of ether oxygens (including phenoxy) is 1. The highest BCUT2D eigenvalue weighted by Gasteiger charge is 2.14. The van der Waals surface area contributed by atoms with Gasteiger partial charge in [0.1, 0.15) is 12.0 Å². The molecule has 0 bridgehead atoms. The average Bonchev–Trinajstić information content (AvgIpc) is 2.04. The van der Waals surface area contributed by atoms with Gasteiger partial charge < -0.3 is 4.74 Å². The minimum atomic E-state index is -0.120. The van der Waals surface area contributed by atoms with Crippen LogP contribution in [0, 0.1) is 6.07 Å². The second-order valence-corrected chi connectivity index (χ2v) is 2.73. The van der Waals surface area contributed by atoms with Crippen molar-refractivity contribution in [3.8, 4) is 5.75 Å². The first-order valence-electron chi connectivity index (χ1n) is 3.77. The largest absolute Gasteiger partial charge is 0.475 e. The summed E-state index contributed by atoms with van der Waals surface area (Å²) in [6.07, 6.45) is 1.79. The molecule has 2 N–H and O–H groups in total. The molecule has 2 nitrogen and oxygen atoms in total. The number of hydrogen-bond donors (Lipinski definition) is 1. The third-order valence-corrected chi connectivity index (χ3v) is 1.88. The van der Waals surface area contributed by atoms with Crippen molar-refractivity contribution in [3.05, 3.63) is 29.8 Å². The van der Waals surface area contributed by atoms with E-state index in [1.807, 2.05) is 18.2 Å². The number of benzene rings is 1. The predicted molar refractivity (Wildman–Crippen MR) is 42.2 cm³/mol. The van der Waals surface area contributed by atoms with Crippen LogP contribution in [0.2, 0.25) is 0 Å². The minimum Gasteiger partial charge on any atom is -0.475 e. The first-order valence-corrected chi connectivity index (χ1v) is 3.77. The van der Waals surface area contributed by atoms with Crippen molar-refractivity contribution >= 4 is 0 Å². The minimum absolute atomic E-state index is 0.120. The lowest BCUT2D eigenvalue weighted by Gasteiger charge is -2.22. The summed E-state index contributed by atoms with van der Waals surface area (Å²) in [5.41, 5.74) is 6.83. The van der Waals surface area contributed by atoms with E-state index in [0.29, 0.717) is 0 Å². The Morgan fingerprint density at radius 2 is 2.55 bits per heavy atom. The quantitative estimate of drug-likeness (QED) is 0.598. The van der Waals surface area contributed by atoms with E-state index in [4.69, 9.17) is 10.5 Å². The fourth-order valence-electron chi connectivity index (χ4n) is 1.28. The molecule has 0 saturated heterocycles. The Hall–Kier alpha value is -1.02. The fraction of sp³-hybridized carbons (Fsp3) is 0.333. The van der Waals surface area contributed by atoms with Crippen molar-refractivity contribution in [1.29, 1.82) is 0 Å². The van der Waals surface area contributed by atoms with Gasteiger partial charge in [-0.1, -0.05) is 6.07 Å². The average molecular weight is 148 g/mol. The summed E-state index contributed by atoms with van der Waals surface area (Å²) < 4.78 is 5.39. The summed E-state index contributed by atoms with van der Waals surface area (Å²) in [6, 6.07) is 8.73. The zero-order valence-electron chi connectivity index (χ0n) is 6.21. The third-order valence-electron chi connectivity index (χ3n) is 1.88. The Bertz CT molecular complexity index is 259. The van der Waals surface area contributed by atoms with Crippen LogP contribution in [0.15, 0.2) is 18.2 Å². The molecule has 1 aromatic carbocycles. The maximum absolute atomic E-state index is 5.62. The summed E-state index contributed by atoms with van der Waals surface area (Å²) in [5, 5.41) is 0. The van der Waals surface area contributed by atoms with E-state index in [1.54, 1.807) is 0 Å². The maximum atomic E-state index is 5.62. The zero-order chi connectivity index (χ0) is 7.68. The molecule has 11 heavy (non-hydrogen) atoms. The SMILES string of the molecule is N[C@H]1CCc2c[c]ccc2O1. The lowest BCUT2D eigenvalue weighted by molar-refractivity contribution is 0.181. The Kier molecular flexibility index (Phi) is 1.55. The van der Waals surface area contributed by atoms with Gasteiger partial charge in [-0.15, -0.1) is 0 Å². The van der Waals surface area contributed by atoms with Gasteiger partial charge in [-0.25, -0.2) is 0 Å². The molecule has 1 atom stereocenters. The molecule has 0 amide bonds. The highest BCUT2D eigenvalue weighted by molar-refractivity contribution is 5.34. The topological polar surface area (TPSA) is 35.2 Å². The van der Waals surface area contributed by atoms with Crippen LogP contribution in [0.25, 0.3) is 0 Å². The zero-order valence-corrected chi connectivity index (χ0v) is 6.21. The molecule has 0 aliphatic carbocycles. The number of aryl methyl sites for hydroxylation is 1. The third kappa shape index (κ3) is 1.21. The monoisotopic (exact) mass is 148 g/mol. The van der Waals surface area contributed by atoms with E-state index in [1.165, 1.54) is 5.56 Å². The predicted octanol–water partition coefficient (Wildman–Crippen LogP) is 1.10. The van der Waals surface area contributed by atoms with Crippen molar-refractivity contribution in [2.45, 2.75) is 19.1 Å². The summed E-state index contributed by atoms with van der Waals surface area (Å²) in [5.74, 6) is 0.919.